The van der Waals surface area contributed by atoms with Crippen LogP contribution in [0.25, 0.3) is 0 Å². The number of oxazole rings is 1. The van der Waals surface area contributed by atoms with Crippen LogP contribution in [-0.4, -0.2) is 62.2 Å². The van der Waals surface area contributed by atoms with E-state index < -0.39 is 0 Å². The Morgan fingerprint density at radius 1 is 1.06 bits per heavy atom. The highest BCUT2D eigenvalue weighted by molar-refractivity contribution is 5.79. The van der Waals surface area contributed by atoms with Crippen molar-refractivity contribution in [1.82, 2.24) is 20.5 Å². The Kier molecular flexibility index (Phi) is 8.35. The highest BCUT2D eigenvalue weighted by Crippen LogP contribution is 2.22. The second-order valence-corrected chi connectivity index (χ2v) is 9.09. The highest BCUT2D eigenvalue weighted by Gasteiger charge is 2.19. The minimum atomic E-state index is -0.0284. The first-order chi connectivity index (χ1) is 15.0. The van der Waals surface area contributed by atoms with E-state index in [0.717, 1.165) is 57.4 Å². The van der Waals surface area contributed by atoms with Gasteiger partial charge < -0.3 is 20.0 Å². The van der Waals surface area contributed by atoms with Crippen LogP contribution >= 0.6 is 0 Å². The van der Waals surface area contributed by atoms with E-state index in [-0.39, 0.29) is 5.41 Å². The molecule has 0 atom stereocenters. The molecule has 0 bridgehead atoms. The Bertz CT molecular complexity index is 803. The third kappa shape index (κ3) is 7.28. The van der Waals surface area contributed by atoms with Gasteiger partial charge in [-0.25, -0.2) is 4.98 Å². The molecule has 7 nitrogen and oxygen atoms in total. The lowest BCUT2D eigenvalue weighted by Crippen LogP contribution is -2.46. The van der Waals surface area contributed by atoms with Crippen LogP contribution in [0.3, 0.4) is 0 Å². The number of nitrogens with zero attached hydrogens (tertiary/aromatic N) is 4. The number of hydrogen-bond donors (Lipinski definition) is 2. The molecule has 0 radical (unpaired) electrons. The number of aliphatic imine (C=N–C) groups is 1. The average Bonchev–Trinajstić information content (AvgIpc) is 3.26. The van der Waals surface area contributed by atoms with Gasteiger partial charge in [-0.1, -0.05) is 39.0 Å². The number of anilines is 1. The molecule has 1 saturated heterocycles. The quantitative estimate of drug-likeness (QED) is 0.384. The maximum Gasteiger partial charge on any atom is 0.213 e. The largest absolute Gasteiger partial charge is 0.443 e. The van der Waals surface area contributed by atoms with Crippen molar-refractivity contribution < 1.29 is 4.42 Å². The van der Waals surface area contributed by atoms with Crippen LogP contribution in [0.4, 0.5) is 5.69 Å². The molecule has 0 amide bonds. The molecule has 1 aromatic heterocycles. The average molecular weight is 427 g/mol. The fourth-order valence-corrected chi connectivity index (χ4v) is 3.65. The van der Waals surface area contributed by atoms with E-state index >= 15 is 0 Å². The van der Waals surface area contributed by atoms with Crippen LogP contribution in [0.1, 0.15) is 45.3 Å². The molecule has 1 aromatic carbocycles. The summed E-state index contributed by atoms with van der Waals surface area (Å²) in [5, 5.41) is 6.66. The molecule has 0 spiro atoms. The van der Waals surface area contributed by atoms with Crippen LogP contribution in [0.5, 0.6) is 0 Å². The Labute approximate surface area is 186 Å². The lowest BCUT2D eigenvalue weighted by Gasteiger charge is -2.36. The molecule has 2 heterocycles. The van der Waals surface area contributed by atoms with E-state index in [1.54, 1.807) is 7.05 Å². The Morgan fingerprint density at radius 2 is 1.81 bits per heavy atom. The van der Waals surface area contributed by atoms with Crippen molar-refractivity contribution in [3.05, 3.63) is 48.2 Å². The molecule has 0 saturated carbocycles. The fourth-order valence-electron chi connectivity index (χ4n) is 3.65. The summed E-state index contributed by atoms with van der Waals surface area (Å²) >= 11 is 0. The first-order valence-corrected chi connectivity index (χ1v) is 11.4. The van der Waals surface area contributed by atoms with Crippen molar-refractivity contribution in [2.75, 3.05) is 51.2 Å². The predicted octanol–water partition coefficient (Wildman–Crippen LogP) is 3.24. The number of aromatic nitrogens is 1. The van der Waals surface area contributed by atoms with Crippen LogP contribution < -0.4 is 15.5 Å². The number of nitrogens with one attached hydrogen (secondary N) is 2. The molecule has 3 rings (SSSR count). The Hall–Kier alpha value is -2.54. The number of rotatable bonds is 8. The maximum atomic E-state index is 5.82. The monoisotopic (exact) mass is 426 g/mol. The zero-order chi connectivity index (χ0) is 22.1. The number of benzene rings is 1. The van der Waals surface area contributed by atoms with Gasteiger partial charge >= 0.3 is 0 Å². The first kappa shape index (κ1) is 23.1. The SMILES string of the molecule is CN=C(NCCCCN1CCN(c2ccccc2)CC1)NCc1ncc(C(C)(C)C)o1. The fraction of sp³-hybridized carbons (Fsp3) is 0.583. The minimum Gasteiger partial charge on any atom is -0.443 e. The molecule has 2 N–H and O–H groups in total. The zero-order valence-corrected chi connectivity index (χ0v) is 19.5. The van der Waals surface area contributed by atoms with Gasteiger partial charge in [0.25, 0.3) is 0 Å². The molecule has 0 unspecified atom stereocenters. The summed E-state index contributed by atoms with van der Waals surface area (Å²) in [5.74, 6) is 2.37. The minimum absolute atomic E-state index is 0.0284. The van der Waals surface area contributed by atoms with Gasteiger partial charge in [0.15, 0.2) is 5.96 Å². The molecular formula is C24H38N6O. The van der Waals surface area contributed by atoms with Gasteiger partial charge in [-0.3, -0.25) is 9.89 Å². The number of piperazine rings is 1. The number of unbranched alkanes of at least 4 members (excludes halogenated alkanes) is 1. The maximum absolute atomic E-state index is 5.82. The van der Waals surface area contributed by atoms with Crippen molar-refractivity contribution in [3.63, 3.8) is 0 Å². The van der Waals surface area contributed by atoms with Gasteiger partial charge in [0.05, 0.1) is 12.7 Å². The van der Waals surface area contributed by atoms with Crippen LogP contribution in [0.15, 0.2) is 45.9 Å². The van der Waals surface area contributed by atoms with Gasteiger partial charge in [0.1, 0.15) is 5.76 Å². The smallest absolute Gasteiger partial charge is 0.213 e. The lowest BCUT2D eigenvalue weighted by molar-refractivity contribution is 0.253. The highest BCUT2D eigenvalue weighted by atomic mass is 16.4. The molecule has 7 heteroatoms. The molecule has 1 fully saturated rings. The van der Waals surface area contributed by atoms with Crippen molar-refractivity contribution in [3.8, 4) is 0 Å². The van der Waals surface area contributed by atoms with Gasteiger partial charge in [-0.2, -0.15) is 0 Å². The zero-order valence-electron chi connectivity index (χ0n) is 19.5. The van der Waals surface area contributed by atoms with Crippen molar-refractivity contribution in [2.24, 2.45) is 4.99 Å². The first-order valence-electron chi connectivity index (χ1n) is 11.4. The van der Waals surface area contributed by atoms with E-state index in [1.807, 2.05) is 6.20 Å². The summed E-state index contributed by atoms with van der Waals surface area (Å²) in [4.78, 5) is 13.7. The standard InChI is InChI=1S/C24H38N6O/c1-24(2,3)21-18-27-22(31-21)19-28-23(25-4)26-12-8-9-13-29-14-16-30(17-15-29)20-10-6-5-7-11-20/h5-7,10-11,18H,8-9,12-17,19H2,1-4H3,(H2,25,26,28). The van der Waals surface area contributed by atoms with E-state index in [9.17, 15) is 0 Å². The lowest BCUT2D eigenvalue weighted by atomic mass is 9.94. The summed E-state index contributed by atoms with van der Waals surface area (Å²) in [5.41, 5.74) is 1.31. The third-order valence-corrected chi connectivity index (χ3v) is 5.61. The Balaban J connectivity index is 1.27. The van der Waals surface area contributed by atoms with Crippen molar-refractivity contribution >= 4 is 11.6 Å². The van der Waals surface area contributed by atoms with Gasteiger partial charge in [-0.05, 0) is 31.5 Å². The van der Waals surface area contributed by atoms with E-state index in [2.05, 4.69) is 81.5 Å². The molecule has 0 aliphatic carbocycles. The van der Waals surface area contributed by atoms with E-state index in [0.29, 0.717) is 12.4 Å². The summed E-state index contributed by atoms with van der Waals surface area (Å²) in [6.07, 6.45) is 4.11. The van der Waals surface area contributed by atoms with Crippen molar-refractivity contribution in [1.29, 1.82) is 0 Å². The predicted molar refractivity (Wildman–Crippen MR) is 128 cm³/mol. The van der Waals surface area contributed by atoms with Crippen LogP contribution in [-0.2, 0) is 12.0 Å². The molecule has 31 heavy (non-hydrogen) atoms. The topological polar surface area (TPSA) is 68.9 Å². The van der Waals surface area contributed by atoms with E-state index in [1.165, 1.54) is 12.1 Å². The number of hydrogen-bond acceptors (Lipinski definition) is 5. The third-order valence-electron chi connectivity index (χ3n) is 5.61. The Morgan fingerprint density at radius 3 is 2.45 bits per heavy atom. The molecular weight excluding hydrogens is 388 g/mol. The van der Waals surface area contributed by atoms with Crippen LogP contribution in [0, 0.1) is 0 Å². The molecule has 1 aliphatic rings. The van der Waals surface area contributed by atoms with Gasteiger partial charge in [-0.15, -0.1) is 0 Å². The summed E-state index contributed by atoms with van der Waals surface area (Å²) in [7, 11) is 1.79. The number of para-hydroxylation sites is 1. The van der Waals surface area contributed by atoms with E-state index in [4.69, 9.17) is 4.42 Å². The van der Waals surface area contributed by atoms with Crippen molar-refractivity contribution in [2.45, 2.75) is 45.6 Å². The summed E-state index contributed by atoms with van der Waals surface area (Å²) in [6.45, 7) is 13.4. The normalized spacial score (nSPS) is 15.9. The molecule has 2 aromatic rings. The van der Waals surface area contributed by atoms with Gasteiger partial charge in [0, 0.05) is 50.9 Å². The second-order valence-electron chi connectivity index (χ2n) is 9.09. The summed E-state index contributed by atoms with van der Waals surface area (Å²) in [6, 6.07) is 10.7. The molecule has 170 valence electrons. The summed E-state index contributed by atoms with van der Waals surface area (Å²) < 4.78 is 5.82. The van der Waals surface area contributed by atoms with Crippen LogP contribution in [0.2, 0.25) is 0 Å². The molecule has 1 aliphatic heterocycles. The van der Waals surface area contributed by atoms with Gasteiger partial charge in [0.2, 0.25) is 5.89 Å². The number of guanidine groups is 1. The second kappa shape index (κ2) is 11.2.